The minimum absolute atomic E-state index is 0.251. The Labute approximate surface area is 153 Å². The number of hydrogen-bond acceptors (Lipinski definition) is 4. The van der Waals surface area contributed by atoms with Gasteiger partial charge in [-0.1, -0.05) is 27.5 Å². The van der Waals surface area contributed by atoms with Gasteiger partial charge in [0.05, 0.1) is 6.21 Å². The second-order valence-corrected chi connectivity index (χ2v) is 6.11. The van der Waals surface area contributed by atoms with Gasteiger partial charge < -0.3 is 9.47 Å². The molecule has 0 heterocycles. The monoisotopic (exact) mass is 410 g/mol. The number of nitrogens with zero attached hydrogens (tertiary/aromatic N) is 1. The summed E-state index contributed by atoms with van der Waals surface area (Å²) in [6.45, 7) is 2.14. The van der Waals surface area contributed by atoms with Gasteiger partial charge >= 0.3 is 0 Å². The first kappa shape index (κ1) is 18.3. The Bertz CT molecular complexity index is 720. The van der Waals surface area contributed by atoms with Gasteiger partial charge in [0.15, 0.2) is 0 Å². The first-order chi connectivity index (χ1) is 11.5. The number of hydrazone groups is 1. The van der Waals surface area contributed by atoms with Crippen molar-refractivity contribution in [1.29, 1.82) is 0 Å². The molecule has 0 bridgehead atoms. The van der Waals surface area contributed by atoms with Crippen molar-refractivity contribution in [3.05, 3.63) is 57.5 Å². The van der Waals surface area contributed by atoms with Crippen molar-refractivity contribution in [2.75, 3.05) is 13.2 Å². The molecular formula is C17H16BrClN2O3. The number of nitrogens with one attached hydrogen (secondary N) is 1. The Morgan fingerprint density at radius 1 is 1.21 bits per heavy atom. The van der Waals surface area contributed by atoms with Gasteiger partial charge in [-0.25, -0.2) is 5.43 Å². The van der Waals surface area contributed by atoms with Crippen LogP contribution in [0.15, 0.2) is 52.0 Å². The fourth-order valence-electron chi connectivity index (χ4n) is 1.79. The maximum Gasteiger partial charge on any atom is 0.236 e. The Morgan fingerprint density at radius 3 is 2.62 bits per heavy atom. The van der Waals surface area contributed by atoms with Gasteiger partial charge in [0, 0.05) is 22.0 Å². The number of carbonyl (C=O) groups is 1. The van der Waals surface area contributed by atoms with E-state index in [9.17, 15) is 4.79 Å². The summed E-state index contributed by atoms with van der Waals surface area (Å²) in [6.07, 6.45) is 1.48. The lowest BCUT2D eigenvalue weighted by atomic mass is 10.2. The standard InChI is InChI=1S/C17H16BrClN2O3/c1-12(22)21-20-11-13-10-15(19)4-7-17(13)24-9-8-23-16-5-2-14(18)3-6-16/h2-7,10-11H,8-9H2,1H3,(H,21,22)/b20-11-. The molecule has 1 N–H and O–H groups in total. The van der Waals surface area contributed by atoms with E-state index >= 15 is 0 Å². The first-order valence-electron chi connectivity index (χ1n) is 7.15. The number of benzene rings is 2. The van der Waals surface area contributed by atoms with Crippen molar-refractivity contribution in [2.24, 2.45) is 5.10 Å². The highest BCUT2D eigenvalue weighted by Gasteiger charge is 2.04. The average Bonchev–Trinajstić information content (AvgIpc) is 2.54. The van der Waals surface area contributed by atoms with Gasteiger partial charge in [0.1, 0.15) is 24.7 Å². The molecule has 0 saturated carbocycles. The van der Waals surface area contributed by atoms with Gasteiger partial charge in [-0.15, -0.1) is 0 Å². The highest BCUT2D eigenvalue weighted by atomic mass is 79.9. The molecule has 7 heteroatoms. The molecule has 0 spiro atoms. The average molecular weight is 412 g/mol. The highest BCUT2D eigenvalue weighted by Crippen LogP contribution is 2.21. The van der Waals surface area contributed by atoms with Crippen LogP contribution in [0, 0.1) is 0 Å². The minimum Gasteiger partial charge on any atom is -0.490 e. The minimum atomic E-state index is -0.251. The van der Waals surface area contributed by atoms with Crippen LogP contribution in [-0.4, -0.2) is 25.3 Å². The molecule has 0 atom stereocenters. The zero-order chi connectivity index (χ0) is 17.4. The van der Waals surface area contributed by atoms with Crippen LogP contribution >= 0.6 is 27.5 Å². The summed E-state index contributed by atoms with van der Waals surface area (Å²) >= 11 is 9.35. The van der Waals surface area contributed by atoms with E-state index < -0.39 is 0 Å². The fraction of sp³-hybridized carbons (Fsp3) is 0.176. The predicted octanol–water partition coefficient (Wildman–Crippen LogP) is 4.03. The first-order valence-corrected chi connectivity index (χ1v) is 8.32. The van der Waals surface area contributed by atoms with E-state index in [4.69, 9.17) is 21.1 Å². The van der Waals surface area contributed by atoms with Crippen LogP contribution < -0.4 is 14.9 Å². The second kappa shape index (κ2) is 9.30. The largest absolute Gasteiger partial charge is 0.490 e. The van der Waals surface area contributed by atoms with Gasteiger partial charge in [0.2, 0.25) is 5.91 Å². The van der Waals surface area contributed by atoms with Crippen LogP contribution in [0.25, 0.3) is 0 Å². The molecule has 2 rings (SSSR count). The van der Waals surface area contributed by atoms with Crippen molar-refractivity contribution in [1.82, 2.24) is 5.43 Å². The van der Waals surface area contributed by atoms with Gasteiger partial charge in [-0.2, -0.15) is 5.10 Å². The van der Waals surface area contributed by atoms with Crippen LogP contribution in [0.5, 0.6) is 11.5 Å². The lowest BCUT2D eigenvalue weighted by molar-refractivity contribution is -0.118. The van der Waals surface area contributed by atoms with Crippen molar-refractivity contribution >= 4 is 39.7 Å². The molecule has 126 valence electrons. The van der Waals surface area contributed by atoms with E-state index in [1.165, 1.54) is 13.1 Å². The van der Waals surface area contributed by atoms with Gasteiger partial charge in [0.25, 0.3) is 0 Å². The molecule has 0 fully saturated rings. The Hall–Kier alpha value is -2.05. The van der Waals surface area contributed by atoms with E-state index in [1.54, 1.807) is 18.2 Å². The zero-order valence-corrected chi connectivity index (χ0v) is 15.3. The molecule has 0 saturated heterocycles. The lowest BCUT2D eigenvalue weighted by Gasteiger charge is -2.10. The number of carbonyl (C=O) groups excluding carboxylic acids is 1. The summed E-state index contributed by atoms with van der Waals surface area (Å²) < 4.78 is 12.3. The molecule has 0 aliphatic carbocycles. The van der Waals surface area contributed by atoms with E-state index in [0.717, 1.165) is 10.2 Å². The molecule has 5 nitrogen and oxygen atoms in total. The molecule has 0 unspecified atom stereocenters. The predicted molar refractivity (Wildman–Crippen MR) is 98.0 cm³/mol. The molecular weight excluding hydrogens is 396 g/mol. The van der Waals surface area contributed by atoms with Crippen molar-refractivity contribution in [3.8, 4) is 11.5 Å². The molecule has 2 aromatic rings. The number of hydrogen-bond donors (Lipinski definition) is 1. The summed E-state index contributed by atoms with van der Waals surface area (Å²) in [5.41, 5.74) is 3.00. The van der Waals surface area contributed by atoms with Crippen LogP contribution in [0.4, 0.5) is 0 Å². The number of rotatable bonds is 7. The topological polar surface area (TPSA) is 59.9 Å². The van der Waals surface area contributed by atoms with E-state index in [-0.39, 0.29) is 5.91 Å². The number of halogens is 2. The molecule has 1 amide bonds. The Kier molecular flexibility index (Phi) is 7.08. The summed E-state index contributed by atoms with van der Waals surface area (Å²) in [7, 11) is 0. The molecule has 0 radical (unpaired) electrons. The lowest BCUT2D eigenvalue weighted by Crippen LogP contribution is -2.13. The molecule has 2 aromatic carbocycles. The molecule has 0 aliphatic heterocycles. The van der Waals surface area contributed by atoms with Gasteiger partial charge in [-0.05, 0) is 42.5 Å². The number of amides is 1. The van der Waals surface area contributed by atoms with Crippen molar-refractivity contribution in [3.63, 3.8) is 0 Å². The third-order valence-corrected chi connectivity index (χ3v) is 3.58. The summed E-state index contributed by atoms with van der Waals surface area (Å²) in [4.78, 5) is 10.9. The summed E-state index contributed by atoms with van der Waals surface area (Å²) in [5.74, 6) is 1.12. The summed E-state index contributed by atoms with van der Waals surface area (Å²) in [6, 6.07) is 12.7. The Balaban J connectivity index is 1.90. The molecule has 0 aromatic heterocycles. The van der Waals surface area contributed by atoms with E-state index in [0.29, 0.717) is 29.5 Å². The third kappa shape index (κ3) is 6.22. The number of ether oxygens (including phenoxy) is 2. The maximum absolute atomic E-state index is 10.9. The fourth-order valence-corrected chi connectivity index (χ4v) is 2.23. The Morgan fingerprint density at radius 2 is 1.92 bits per heavy atom. The second-order valence-electron chi connectivity index (χ2n) is 4.76. The SMILES string of the molecule is CC(=O)N/N=C\c1cc(Cl)ccc1OCCOc1ccc(Br)cc1. The zero-order valence-electron chi connectivity index (χ0n) is 13.0. The van der Waals surface area contributed by atoms with Crippen LogP contribution in [0.2, 0.25) is 5.02 Å². The van der Waals surface area contributed by atoms with E-state index in [1.807, 2.05) is 24.3 Å². The third-order valence-electron chi connectivity index (χ3n) is 2.82. The van der Waals surface area contributed by atoms with E-state index in [2.05, 4.69) is 26.5 Å². The van der Waals surface area contributed by atoms with Crippen LogP contribution in [-0.2, 0) is 4.79 Å². The molecule has 24 heavy (non-hydrogen) atoms. The van der Waals surface area contributed by atoms with Crippen LogP contribution in [0.3, 0.4) is 0 Å². The van der Waals surface area contributed by atoms with Crippen molar-refractivity contribution in [2.45, 2.75) is 6.92 Å². The van der Waals surface area contributed by atoms with Gasteiger partial charge in [-0.3, -0.25) is 4.79 Å². The van der Waals surface area contributed by atoms with Crippen molar-refractivity contribution < 1.29 is 14.3 Å². The maximum atomic E-state index is 10.9. The smallest absolute Gasteiger partial charge is 0.236 e. The molecule has 0 aliphatic rings. The highest BCUT2D eigenvalue weighted by molar-refractivity contribution is 9.10. The quantitative estimate of drug-likeness (QED) is 0.425. The van der Waals surface area contributed by atoms with Crippen LogP contribution in [0.1, 0.15) is 12.5 Å². The normalized spacial score (nSPS) is 10.6. The summed E-state index contributed by atoms with van der Waals surface area (Å²) in [5, 5.41) is 4.38.